The van der Waals surface area contributed by atoms with Crippen LogP contribution in [-0.2, 0) is 4.79 Å². The highest BCUT2D eigenvalue weighted by molar-refractivity contribution is 5.96. The van der Waals surface area contributed by atoms with E-state index in [-0.39, 0.29) is 23.3 Å². The number of nitrogens with zero attached hydrogens (tertiary/aromatic N) is 3. The number of likely N-dealkylation sites (tertiary alicyclic amines) is 2. The van der Waals surface area contributed by atoms with Gasteiger partial charge in [-0.3, -0.25) is 9.59 Å². The molecular formula is C17H22FN3O2. The number of halogens is 1. The van der Waals surface area contributed by atoms with Gasteiger partial charge in [-0.15, -0.1) is 0 Å². The molecule has 3 rings (SSSR count). The van der Waals surface area contributed by atoms with Crippen molar-refractivity contribution in [3.8, 4) is 0 Å². The highest BCUT2D eigenvalue weighted by Crippen LogP contribution is 2.24. The van der Waals surface area contributed by atoms with Crippen LogP contribution in [0.25, 0.3) is 0 Å². The zero-order valence-corrected chi connectivity index (χ0v) is 13.5. The molecule has 1 unspecified atom stereocenters. The molecular weight excluding hydrogens is 297 g/mol. The Bertz CT molecular complexity index is 614. The van der Waals surface area contributed by atoms with Gasteiger partial charge in [-0.05, 0) is 32.6 Å². The van der Waals surface area contributed by atoms with Crippen molar-refractivity contribution in [1.82, 2.24) is 14.7 Å². The SMILES string of the molecule is CN(C)C1CCN(C(=O)C2CN(C(=O)c3ccccc3F)C2)C1. The summed E-state index contributed by atoms with van der Waals surface area (Å²) in [6, 6.07) is 6.37. The van der Waals surface area contributed by atoms with E-state index < -0.39 is 5.82 Å². The van der Waals surface area contributed by atoms with Crippen LogP contribution in [0.1, 0.15) is 16.8 Å². The Morgan fingerprint density at radius 3 is 2.43 bits per heavy atom. The molecule has 5 nitrogen and oxygen atoms in total. The highest BCUT2D eigenvalue weighted by Gasteiger charge is 2.40. The summed E-state index contributed by atoms with van der Waals surface area (Å²) in [5.41, 5.74) is 0.0762. The first-order valence-corrected chi connectivity index (χ1v) is 7.96. The van der Waals surface area contributed by atoms with E-state index in [1.165, 1.54) is 12.1 Å². The maximum absolute atomic E-state index is 13.7. The van der Waals surface area contributed by atoms with Gasteiger partial charge in [-0.1, -0.05) is 12.1 Å². The molecule has 2 fully saturated rings. The Labute approximate surface area is 135 Å². The van der Waals surface area contributed by atoms with Crippen molar-refractivity contribution in [3.63, 3.8) is 0 Å². The van der Waals surface area contributed by atoms with E-state index in [1.807, 2.05) is 19.0 Å². The predicted octanol–water partition coefficient (Wildman–Crippen LogP) is 1.06. The molecule has 2 heterocycles. The third-order valence-corrected chi connectivity index (χ3v) is 4.83. The fraction of sp³-hybridized carbons (Fsp3) is 0.529. The molecule has 124 valence electrons. The fourth-order valence-electron chi connectivity index (χ4n) is 3.23. The van der Waals surface area contributed by atoms with E-state index in [0.717, 1.165) is 19.5 Å². The Hall–Kier alpha value is -1.95. The number of benzene rings is 1. The van der Waals surface area contributed by atoms with Crippen LogP contribution in [0.15, 0.2) is 24.3 Å². The van der Waals surface area contributed by atoms with E-state index in [4.69, 9.17) is 0 Å². The smallest absolute Gasteiger partial charge is 0.256 e. The molecule has 1 aromatic carbocycles. The average Bonchev–Trinajstić information content (AvgIpc) is 2.96. The van der Waals surface area contributed by atoms with Crippen molar-refractivity contribution in [3.05, 3.63) is 35.6 Å². The first kappa shape index (κ1) is 15.9. The lowest BCUT2D eigenvalue weighted by Gasteiger charge is -2.40. The molecule has 0 spiro atoms. The quantitative estimate of drug-likeness (QED) is 0.837. The zero-order valence-electron chi connectivity index (χ0n) is 13.5. The molecule has 0 aromatic heterocycles. The highest BCUT2D eigenvalue weighted by atomic mass is 19.1. The van der Waals surface area contributed by atoms with Crippen LogP contribution in [0.4, 0.5) is 4.39 Å². The molecule has 2 aliphatic heterocycles. The fourth-order valence-corrected chi connectivity index (χ4v) is 3.23. The van der Waals surface area contributed by atoms with Crippen LogP contribution in [-0.4, -0.2) is 72.8 Å². The van der Waals surface area contributed by atoms with Gasteiger partial charge in [-0.2, -0.15) is 0 Å². The van der Waals surface area contributed by atoms with Gasteiger partial charge >= 0.3 is 0 Å². The van der Waals surface area contributed by atoms with E-state index in [0.29, 0.717) is 19.1 Å². The maximum atomic E-state index is 13.7. The number of hydrogen-bond donors (Lipinski definition) is 0. The zero-order chi connectivity index (χ0) is 16.6. The Kier molecular flexibility index (Phi) is 4.35. The molecule has 0 aliphatic carbocycles. The van der Waals surface area contributed by atoms with Gasteiger partial charge in [0.25, 0.3) is 5.91 Å². The van der Waals surface area contributed by atoms with E-state index in [9.17, 15) is 14.0 Å². The minimum absolute atomic E-state index is 0.0762. The number of rotatable bonds is 3. The molecule has 0 bridgehead atoms. The van der Waals surface area contributed by atoms with Crippen LogP contribution in [0.2, 0.25) is 0 Å². The second kappa shape index (κ2) is 6.28. The second-order valence-corrected chi connectivity index (χ2v) is 6.58. The van der Waals surface area contributed by atoms with Crippen LogP contribution in [0.5, 0.6) is 0 Å². The monoisotopic (exact) mass is 319 g/mol. The molecule has 2 aliphatic rings. The van der Waals surface area contributed by atoms with Gasteiger partial charge in [0.05, 0.1) is 11.5 Å². The summed E-state index contributed by atoms with van der Waals surface area (Å²) >= 11 is 0. The molecule has 2 saturated heterocycles. The first-order chi connectivity index (χ1) is 11.0. The summed E-state index contributed by atoms with van der Waals surface area (Å²) < 4.78 is 13.7. The van der Waals surface area contributed by atoms with Crippen LogP contribution in [0.3, 0.4) is 0 Å². The molecule has 1 aromatic rings. The molecule has 0 N–H and O–H groups in total. The first-order valence-electron chi connectivity index (χ1n) is 7.96. The molecule has 23 heavy (non-hydrogen) atoms. The van der Waals surface area contributed by atoms with Gasteiger partial charge in [0.15, 0.2) is 0 Å². The Balaban J connectivity index is 1.54. The number of amides is 2. The van der Waals surface area contributed by atoms with Gasteiger partial charge in [0.1, 0.15) is 5.82 Å². The summed E-state index contributed by atoms with van der Waals surface area (Å²) in [5, 5.41) is 0. The minimum atomic E-state index is -0.513. The summed E-state index contributed by atoms with van der Waals surface area (Å²) in [4.78, 5) is 30.3. The Morgan fingerprint density at radius 1 is 1.13 bits per heavy atom. The standard InChI is InChI=1S/C17H22FN3O2/c1-19(2)13-7-8-20(11-13)16(22)12-9-21(10-12)17(23)14-5-3-4-6-15(14)18/h3-6,12-13H,7-11H2,1-2H3. The Morgan fingerprint density at radius 2 is 1.83 bits per heavy atom. The minimum Gasteiger partial charge on any atom is -0.341 e. The average molecular weight is 319 g/mol. The third-order valence-electron chi connectivity index (χ3n) is 4.83. The molecule has 0 radical (unpaired) electrons. The van der Waals surface area contributed by atoms with Crippen molar-refractivity contribution in [1.29, 1.82) is 0 Å². The van der Waals surface area contributed by atoms with Gasteiger partial charge in [0.2, 0.25) is 5.91 Å². The second-order valence-electron chi connectivity index (χ2n) is 6.58. The summed E-state index contributed by atoms with van der Waals surface area (Å²) in [7, 11) is 4.05. The maximum Gasteiger partial charge on any atom is 0.256 e. The third kappa shape index (κ3) is 3.08. The van der Waals surface area contributed by atoms with E-state index >= 15 is 0 Å². The molecule has 2 amide bonds. The summed E-state index contributed by atoms with van der Waals surface area (Å²) in [6.07, 6.45) is 0.989. The van der Waals surface area contributed by atoms with Gasteiger partial charge < -0.3 is 14.7 Å². The van der Waals surface area contributed by atoms with Gasteiger partial charge in [-0.25, -0.2) is 4.39 Å². The summed E-state index contributed by atoms with van der Waals surface area (Å²) in [5.74, 6) is -0.876. The number of hydrogen-bond acceptors (Lipinski definition) is 3. The molecule has 1 atom stereocenters. The molecule has 0 saturated carbocycles. The normalized spacial score (nSPS) is 21.7. The van der Waals surface area contributed by atoms with E-state index in [2.05, 4.69) is 4.90 Å². The largest absolute Gasteiger partial charge is 0.341 e. The van der Waals surface area contributed by atoms with Crippen molar-refractivity contribution in [2.45, 2.75) is 12.5 Å². The molecule has 6 heteroatoms. The van der Waals surface area contributed by atoms with Crippen LogP contribution < -0.4 is 0 Å². The number of likely N-dealkylation sites (N-methyl/N-ethyl adjacent to an activating group) is 1. The van der Waals surface area contributed by atoms with Gasteiger partial charge in [0, 0.05) is 32.2 Å². The van der Waals surface area contributed by atoms with Crippen LogP contribution >= 0.6 is 0 Å². The topological polar surface area (TPSA) is 43.9 Å². The van der Waals surface area contributed by atoms with E-state index in [1.54, 1.807) is 17.0 Å². The van der Waals surface area contributed by atoms with Crippen molar-refractivity contribution < 1.29 is 14.0 Å². The number of carbonyl (C=O) groups excluding carboxylic acids is 2. The number of carbonyl (C=O) groups is 2. The lowest BCUT2D eigenvalue weighted by atomic mass is 9.97. The lowest BCUT2D eigenvalue weighted by Crippen LogP contribution is -2.56. The van der Waals surface area contributed by atoms with Crippen molar-refractivity contribution in [2.24, 2.45) is 5.92 Å². The van der Waals surface area contributed by atoms with Crippen molar-refractivity contribution in [2.75, 3.05) is 40.3 Å². The predicted molar refractivity (Wildman–Crippen MR) is 84.5 cm³/mol. The summed E-state index contributed by atoms with van der Waals surface area (Å²) in [6.45, 7) is 2.30. The van der Waals surface area contributed by atoms with Crippen LogP contribution in [0, 0.1) is 11.7 Å². The lowest BCUT2D eigenvalue weighted by molar-refractivity contribution is -0.138. The van der Waals surface area contributed by atoms with Crippen molar-refractivity contribution >= 4 is 11.8 Å².